The molecule has 1 heteroatoms. The van der Waals surface area contributed by atoms with Gasteiger partial charge in [-0.25, -0.2) is 0 Å². The van der Waals surface area contributed by atoms with Crippen LogP contribution in [-0.2, 0) is 4.74 Å². The number of allylic oxidation sites excluding steroid dienone is 3. The first-order valence-electron chi connectivity index (χ1n) is 5.22. The molecule has 0 saturated heterocycles. The summed E-state index contributed by atoms with van der Waals surface area (Å²) in [6.45, 7) is 13.0. The Hall–Kier alpha value is -0.980. The lowest BCUT2D eigenvalue weighted by atomic mass is 10.2. The molecule has 0 amide bonds. The highest BCUT2D eigenvalue weighted by atomic mass is 16.5. The summed E-state index contributed by atoms with van der Waals surface area (Å²) in [5.74, 6) is 1.78. The van der Waals surface area contributed by atoms with Crippen LogP contribution in [0.15, 0.2) is 36.1 Å². The van der Waals surface area contributed by atoms with Gasteiger partial charge in [0, 0.05) is 6.42 Å². The molecule has 14 heavy (non-hydrogen) atoms. The van der Waals surface area contributed by atoms with Crippen LogP contribution in [0.5, 0.6) is 0 Å². The molecule has 80 valence electrons. The van der Waals surface area contributed by atoms with Gasteiger partial charge in [0.2, 0.25) is 0 Å². The van der Waals surface area contributed by atoms with E-state index in [1.807, 2.05) is 13.0 Å². The molecule has 0 aliphatic carbocycles. The van der Waals surface area contributed by atoms with Crippen molar-refractivity contribution in [2.24, 2.45) is 5.92 Å². The summed E-state index contributed by atoms with van der Waals surface area (Å²) < 4.78 is 5.28. The highest BCUT2D eigenvalue weighted by Crippen LogP contribution is 2.20. The number of hydrogen-bond donors (Lipinski definition) is 0. The van der Waals surface area contributed by atoms with E-state index in [1.165, 1.54) is 5.57 Å². The van der Waals surface area contributed by atoms with Crippen molar-refractivity contribution in [1.29, 1.82) is 0 Å². The van der Waals surface area contributed by atoms with Gasteiger partial charge in [0.05, 0.1) is 6.61 Å². The lowest BCUT2D eigenvalue weighted by Gasteiger charge is -1.94. The molecule has 0 aromatic heterocycles. The van der Waals surface area contributed by atoms with Crippen molar-refractivity contribution in [2.75, 3.05) is 6.61 Å². The van der Waals surface area contributed by atoms with E-state index in [4.69, 9.17) is 4.74 Å². The van der Waals surface area contributed by atoms with Crippen LogP contribution >= 0.6 is 0 Å². The van der Waals surface area contributed by atoms with Gasteiger partial charge in [-0.05, 0) is 24.5 Å². The van der Waals surface area contributed by atoms with Gasteiger partial charge >= 0.3 is 0 Å². The Morgan fingerprint density at radius 2 is 1.93 bits per heavy atom. The highest BCUT2D eigenvalue weighted by molar-refractivity contribution is 5.30. The van der Waals surface area contributed by atoms with Crippen LogP contribution in [0.1, 0.15) is 34.1 Å². The van der Waals surface area contributed by atoms with Crippen LogP contribution in [0, 0.1) is 5.92 Å². The van der Waals surface area contributed by atoms with Gasteiger partial charge in [0.1, 0.15) is 5.76 Å². The van der Waals surface area contributed by atoms with Gasteiger partial charge in [-0.15, -0.1) is 0 Å². The third-order valence-corrected chi connectivity index (χ3v) is 1.50. The molecule has 0 aromatic rings. The number of hydrogen-bond acceptors (Lipinski definition) is 1. The number of ether oxygens (including phenoxy) is 1. The normalized spacial score (nSPS) is 15.5. The number of rotatable bonds is 2. The topological polar surface area (TPSA) is 9.23 Å². The van der Waals surface area contributed by atoms with Gasteiger partial charge in [-0.1, -0.05) is 39.5 Å². The molecule has 1 rings (SSSR count). The maximum atomic E-state index is 5.28. The van der Waals surface area contributed by atoms with E-state index >= 15 is 0 Å². The Morgan fingerprint density at radius 3 is 2.36 bits per heavy atom. The van der Waals surface area contributed by atoms with Crippen molar-refractivity contribution in [3.05, 3.63) is 36.1 Å². The summed E-state index contributed by atoms with van der Waals surface area (Å²) in [5, 5.41) is 0. The molecule has 0 N–H and O–H groups in total. The minimum absolute atomic E-state index is 0.807. The highest BCUT2D eigenvalue weighted by Gasteiger charge is 2.08. The standard InChI is InChI=1S/C9H12O.C4H10/c1-3-5-8-6-7-10-9(8)4-2;1-4(2)3/h3-5H,2,6-7H2,1H3;4H,1-3H3/b5-3-;. The van der Waals surface area contributed by atoms with Crippen molar-refractivity contribution in [3.8, 4) is 0 Å². The molecular weight excluding hydrogens is 172 g/mol. The molecule has 0 spiro atoms. The van der Waals surface area contributed by atoms with E-state index in [0.717, 1.165) is 24.7 Å². The third kappa shape index (κ3) is 5.63. The van der Waals surface area contributed by atoms with Crippen molar-refractivity contribution >= 4 is 0 Å². The molecule has 0 unspecified atom stereocenters. The average molecular weight is 194 g/mol. The Balaban J connectivity index is 0.000000364. The Morgan fingerprint density at radius 1 is 1.36 bits per heavy atom. The Labute approximate surface area is 88.2 Å². The van der Waals surface area contributed by atoms with Crippen LogP contribution in [0.25, 0.3) is 0 Å². The van der Waals surface area contributed by atoms with Gasteiger partial charge in [0.25, 0.3) is 0 Å². The molecule has 0 bridgehead atoms. The fourth-order valence-corrected chi connectivity index (χ4v) is 1.04. The first kappa shape index (κ1) is 13.0. The summed E-state index contributed by atoms with van der Waals surface area (Å²) in [6, 6.07) is 0. The van der Waals surface area contributed by atoms with Gasteiger partial charge in [-0.3, -0.25) is 0 Å². The van der Waals surface area contributed by atoms with Gasteiger partial charge in [0.15, 0.2) is 0 Å². The van der Waals surface area contributed by atoms with E-state index < -0.39 is 0 Å². The Kier molecular flexibility index (Phi) is 6.91. The van der Waals surface area contributed by atoms with Crippen LogP contribution < -0.4 is 0 Å². The third-order valence-electron chi connectivity index (χ3n) is 1.50. The summed E-state index contributed by atoms with van der Waals surface area (Å²) in [4.78, 5) is 0. The van der Waals surface area contributed by atoms with Crippen molar-refractivity contribution in [2.45, 2.75) is 34.1 Å². The zero-order valence-corrected chi connectivity index (χ0v) is 9.84. The lowest BCUT2D eigenvalue weighted by Crippen LogP contribution is -1.78. The summed E-state index contributed by atoms with van der Waals surface area (Å²) in [6.07, 6.45) is 6.88. The van der Waals surface area contributed by atoms with E-state index in [2.05, 4.69) is 33.4 Å². The van der Waals surface area contributed by atoms with Crippen LogP contribution in [0.3, 0.4) is 0 Å². The fourth-order valence-electron chi connectivity index (χ4n) is 1.04. The molecule has 1 heterocycles. The molecule has 1 aliphatic heterocycles. The van der Waals surface area contributed by atoms with E-state index in [9.17, 15) is 0 Å². The molecule has 1 aliphatic rings. The minimum Gasteiger partial charge on any atom is -0.493 e. The van der Waals surface area contributed by atoms with Gasteiger partial charge < -0.3 is 4.74 Å². The fraction of sp³-hybridized carbons (Fsp3) is 0.538. The second kappa shape index (κ2) is 7.43. The van der Waals surface area contributed by atoms with Crippen LogP contribution in [0.2, 0.25) is 0 Å². The molecule has 0 saturated carbocycles. The largest absolute Gasteiger partial charge is 0.493 e. The molecule has 0 aromatic carbocycles. The molecule has 1 nitrogen and oxygen atoms in total. The van der Waals surface area contributed by atoms with Crippen molar-refractivity contribution in [3.63, 3.8) is 0 Å². The van der Waals surface area contributed by atoms with Crippen LogP contribution in [-0.4, -0.2) is 6.61 Å². The zero-order chi connectivity index (χ0) is 11.0. The minimum atomic E-state index is 0.807. The summed E-state index contributed by atoms with van der Waals surface area (Å²) in [7, 11) is 0. The summed E-state index contributed by atoms with van der Waals surface area (Å²) in [5.41, 5.74) is 1.26. The first-order chi connectivity index (χ1) is 6.61. The monoisotopic (exact) mass is 194 g/mol. The van der Waals surface area contributed by atoms with Crippen molar-refractivity contribution < 1.29 is 4.74 Å². The second-order valence-corrected chi connectivity index (χ2v) is 3.92. The van der Waals surface area contributed by atoms with E-state index in [1.54, 1.807) is 6.08 Å². The smallest absolute Gasteiger partial charge is 0.122 e. The lowest BCUT2D eigenvalue weighted by molar-refractivity contribution is 0.257. The van der Waals surface area contributed by atoms with E-state index in [0.29, 0.717) is 0 Å². The predicted octanol–water partition coefficient (Wildman–Crippen LogP) is 4.09. The SMILES string of the molecule is C=CC1=C(/C=C\C)CCO1.CC(C)C. The van der Waals surface area contributed by atoms with E-state index in [-0.39, 0.29) is 0 Å². The quantitative estimate of drug-likeness (QED) is 0.643. The molecule has 0 radical (unpaired) electrons. The molecule has 0 atom stereocenters. The van der Waals surface area contributed by atoms with Crippen molar-refractivity contribution in [1.82, 2.24) is 0 Å². The maximum Gasteiger partial charge on any atom is 0.122 e. The molecule has 0 fully saturated rings. The first-order valence-corrected chi connectivity index (χ1v) is 5.22. The zero-order valence-electron chi connectivity index (χ0n) is 9.84. The predicted molar refractivity (Wildman–Crippen MR) is 63.1 cm³/mol. The van der Waals surface area contributed by atoms with Crippen LogP contribution in [0.4, 0.5) is 0 Å². The average Bonchev–Trinajstić information content (AvgIpc) is 2.51. The maximum absolute atomic E-state index is 5.28. The second-order valence-electron chi connectivity index (χ2n) is 3.92. The Bertz CT molecular complexity index is 219. The van der Waals surface area contributed by atoms with Gasteiger partial charge in [-0.2, -0.15) is 0 Å². The summed E-state index contributed by atoms with van der Waals surface area (Å²) >= 11 is 0. The molecular formula is C13H22O.